The minimum Gasteiger partial charge on any atom is -0.495 e. The molecular weight excluding hydrogens is 419 g/mol. The summed E-state index contributed by atoms with van der Waals surface area (Å²) in [6.45, 7) is 0. The van der Waals surface area contributed by atoms with Gasteiger partial charge >= 0.3 is 0 Å². The number of imidazole rings is 1. The van der Waals surface area contributed by atoms with Gasteiger partial charge in [0.25, 0.3) is 0 Å². The molecule has 6 aromatic rings. The third kappa shape index (κ3) is 3.28. The van der Waals surface area contributed by atoms with Gasteiger partial charge in [0.1, 0.15) is 17.1 Å². The van der Waals surface area contributed by atoms with Crippen molar-refractivity contribution in [2.45, 2.75) is 0 Å². The molecule has 0 bridgehead atoms. The lowest BCUT2D eigenvalue weighted by Crippen LogP contribution is -1.89. The summed E-state index contributed by atoms with van der Waals surface area (Å²) in [4.78, 5) is 17.2. The summed E-state index contributed by atoms with van der Waals surface area (Å²) >= 11 is 0. The molecule has 0 spiro atoms. The molecule has 0 fully saturated rings. The molecule has 0 atom stereocenters. The van der Waals surface area contributed by atoms with Crippen LogP contribution in [0.25, 0.3) is 56.0 Å². The monoisotopic (exact) mass is 436 g/mol. The summed E-state index contributed by atoms with van der Waals surface area (Å²) in [5, 5.41) is 7.50. The Morgan fingerprint density at radius 1 is 0.848 bits per heavy atom. The van der Waals surface area contributed by atoms with Crippen LogP contribution in [-0.4, -0.2) is 37.2 Å². The van der Waals surface area contributed by atoms with Crippen LogP contribution in [0.3, 0.4) is 0 Å². The van der Waals surface area contributed by atoms with Gasteiger partial charge < -0.3 is 9.72 Å². The molecule has 0 unspecified atom stereocenters. The molecule has 0 saturated carbocycles. The van der Waals surface area contributed by atoms with Crippen LogP contribution in [0.5, 0.6) is 5.75 Å². The summed E-state index contributed by atoms with van der Waals surface area (Å²) in [6, 6.07) is 18.0. The number of halogens is 1. The number of hydrogen-bond donors (Lipinski definition) is 2. The Balaban J connectivity index is 1.48. The maximum Gasteiger partial charge on any atom is 0.161 e. The minimum atomic E-state index is -0.273. The van der Waals surface area contributed by atoms with E-state index >= 15 is 0 Å². The molecule has 4 aromatic heterocycles. The Morgan fingerprint density at radius 3 is 2.58 bits per heavy atom. The lowest BCUT2D eigenvalue weighted by atomic mass is 10.0. The van der Waals surface area contributed by atoms with Crippen molar-refractivity contribution < 1.29 is 9.13 Å². The first kappa shape index (κ1) is 19.1. The topological polar surface area (TPSA) is 92.4 Å². The molecule has 33 heavy (non-hydrogen) atoms. The van der Waals surface area contributed by atoms with Gasteiger partial charge in [0.15, 0.2) is 11.5 Å². The Kier molecular flexibility index (Phi) is 4.36. The number of rotatable bonds is 4. The lowest BCUT2D eigenvalue weighted by Gasteiger charge is -2.03. The van der Waals surface area contributed by atoms with Gasteiger partial charge in [0.05, 0.1) is 35.6 Å². The fourth-order valence-electron chi connectivity index (χ4n) is 3.90. The molecule has 6 rings (SSSR count). The van der Waals surface area contributed by atoms with E-state index in [0.29, 0.717) is 22.8 Å². The summed E-state index contributed by atoms with van der Waals surface area (Å²) in [5.74, 6) is 0.983. The van der Waals surface area contributed by atoms with Crippen LogP contribution in [0.1, 0.15) is 0 Å². The van der Waals surface area contributed by atoms with Crippen LogP contribution in [-0.2, 0) is 0 Å². The van der Waals surface area contributed by atoms with Crippen molar-refractivity contribution in [3.63, 3.8) is 0 Å². The second-order valence-electron chi connectivity index (χ2n) is 7.57. The predicted octanol–water partition coefficient (Wildman–Crippen LogP) is 5.38. The SMILES string of the molecule is COc1cncc(-c2ccc3[nH]nc(-c4nc5c(-c6ccc(F)cc6)cccc5[nH]4)c3n2)c1. The first-order chi connectivity index (χ1) is 16.2. The summed E-state index contributed by atoms with van der Waals surface area (Å²) < 4.78 is 18.7. The number of aromatic nitrogens is 6. The van der Waals surface area contributed by atoms with Gasteiger partial charge in [-0.3, -0.25) is 10.1 Å². The van der Waals surface area contributed by atoms with Gasteiger partial charge in [-0.05, 0) is 42.0 Å². The zero-order valence-electron chi connectivity index (χ0n) is 17.5. The van der Waals surface area contributed by atoms with Crippen molar-refractivity contribution in [2.75, 3.05) is 7.11 Å². The Hall–Kier alpha value is -4.59. The van der Waals surface area contributed by atoms with E-state index in [9.17, 15) is 4.39 Å². The predicted molar refractivity (Wildman–Crippen MR) is 124 cm³/mol. The number of nitrogens with one attached hydrogen (secondary N) is 2. The number of benzene rings is 2. The van der Waals surface area contributed by atoms with Gasteiger partial charge in [0, 0.05) is 17.3 Å². The second kappa shape index (κ2) is 7.52. The van der Waals surface area contributed by atoms with E-state index in [4.69, 9.17) is 14.7 Å². The molecule has 8 heteroatoms. The van der Waals surface area contributed by atoms with Crippen LogP contribution in [0, 0.1) is 5.82 Å². The van der Waals surface area contributed by atoms with E-state index in [0.717, 1.165) is 38.9 Å². The van der Waals surface area contributed by atoms with E-state index in [2.05, 4.69) is 20.2 Å². The minimum absolute atomic E-state index is 0.273. The van der Waals surface area contributed by atoms with Crippen LogP contribution in [0.4, 0.5) is 4.39 Å². The average Bonchev–Trinajstić information content (AvgIpc) is 3.48. The van der Waals surface area contributed by atoms with Crippen LogP contribution >= 0.6 is 0 Å². The number of hydrogen-bond acceptors (Lipinski definition) is 5. The molecule has 2 N–H and O–H groups in total. The van der Waals surface area contributed by atoms with Gasteiger partial charge in [-0.15, -0.1) is 0 Å². The standard InChI is InChI=1S/C25H17FN6O/c1-33-17-11-15(12-27-13-17)19-9-10-21-23(28-19)24(32-31-21)25-29-20-4-2-3-18(22(20)30-25)14-5-7-16(26)8-6-14/h2-13H,1H3,(H,29,30)(H,31,32). The van der Waals surface area contributed by atoms with Crippen molar-refractivity contribution in [1.29, 1.82) is 0 Å². The smallest absolute Gasteiger partial charge is 0.161 e. The summed E-state index contributed by atoms with van der Waals surface area (Å²) in [5.41, 5.74) is 7.13. The quantitative estimate of drug-likeness (QED) is 0.387. The highest BCUT2D eigenvalue weighted by molar-refractivity contribution is 5.96. The fraction of sp³-hybridized carbons (Fsp3) is 0.0400. The van der Waals surface area contributed by atoms with Crippen LogP contribution in [0.15, 0.2) is 73.1 Å². The van der Waals surface area contributed by atoms with Gasteiger partial charge in [-0.1, -0.05) is 24.3 Å². The van der Waals surface area contributed by atoms with E-state index in [-0.39, 0.29) is 5.82 Å². The van der Waals surface area contributed by atoms with Crippen molar-refractivity contribution >= 4 is 22.1 Å². The number of aromatic amines is 2. The number of ether oxygens (including phenoxy) is 1. The van der Waals surface area contributed by atoms with Crippen LogP contribution in [0.2, 0.25) is 0 Å². The zero-order valence-corrected chi connectivity index (χ0v) is 17.5. The highest BCUT2D eigenvalue weighted by atomic mass is 19.1. The second-order valence-corrected chi connectivity index (χ2v) is 7.57. The van der Waals surface area contributed by atoms with Crippen molar-refractivity contribution in [2.24, 2.45) is 0 Å². The zero-order chi connectivity index (χ0) is 22.4. The van der Waals surface area contributed by atoms with E-state index in [1.807, 2.05) is 36.4 Å². The molecule has 4 heterocycles. The normalized spacial score (nSPS) is 11.3. The highest BCUT2D eigenvalue weighted by Crippen LogP contribution is 2.32. The molecule has 0 aliphatic heterocycles. The number of methoxy groups -OCH3 is 1. The molecular formula is C25H17FN6O. The highest BCUT2D eigenvalue weighted by Gasteiger charge is 2.17. The van der Waals surface area contributed by atoms with E-state index in [1.165, 1.54) is 12.1 Å². The Morgan fingerprint density at radius 2 is 1.73 bits per heavy atom. The maximum atomic E-state index is 13.4. The van der Waals surface area contributed by atoms with Gasteiger partial charge in [-0.2, -0.15) is 5.10 Å². The molecule has 0 aliphatic carbocycles. The van der Waals surface area contributed by atoms with Crippen LogP contribution < -0.4 is 4.74 Å². The van der Waals surface area contributed by atoms with Gasteiger partial charge in [-0.25, -0.2) is 14.4 Å². The Labute approximate surface area is 187 Å². The first-order valence-electron chi connectivity index (χ1n) is 10.3. The third-order valence-electron chi connectivity index (χ3n) is 5.54. The van der Waals surface area contributed by atoms with Crippen molar-refractivity contribution in [3.8, 4) is 39.7 Å². The molecule has 160 valence electrons. The first-order valence-corrected chi connectivity index (χ1v) is 10.3. The average molecular weight is 436 g/mol. The molecule has 2 aromatic carbocycles. The van der Waals surface area contributed by atoms with E-state index in [1.54, 1.807) is 31.6 Å². The third-order valence-corrected chi connectivity index (χ3v) is 5.54. The largest absolute Gasteiger partial charge is 0.495 e. The summed E-state index contributed by atoms with van der Waals surface area (Å²) in [7, 11) is 1.60. The van der Waals surface area contributed by atoms with Crippen molar-refractivity contribution in [1.82, 2.24) is 30.1 Å². The number of nitrogens with zero attached hydrogens (tertiary/aromatic N) is 4. The molecule has 7 nitrogen and oxygen atoms in total. The summed E-state index contributed by atoms with van der Waals surface area (Å²) in [6.07, 6.45) is 3.39. The number of para-hydroxylation sites is 1. The number of fused-ring (bicyclic) bond motifs is 2. The number of pyridine rings is 2. The maximum absolute atomic E-state index is 13.4. The number of H-pyrrole nitrogens is 2. The molecule has 0 aliphatic rings. The molecule has 0 amide bonds. The van der Waals surface area contributed by atoms with E-state index < -0.39 is 0 Å². The lowest BCUT2D eigenvalue weighted by molar-refractivity contribution is 0.413. The Bertz CT molecular complexity index is 1620. The van der Waals surface area contributed by atoms with Crippen molar-refractivity contribution in [3.05, 3.63) is 78.9 Å². The molecule has 0 radical (unpaired) electrons. The molecule has 0 saturated heterocycles. The fourth-order valence-corrected chi connectivity index (χ4v) is 3.90. The van der Waals surface area contributed by atoms with Gasteiger partial charge in [0.2, 0.25) is 0 Å².